The largest absolute Gasteiger partial charge is 0.331 e. The van der Waals surface area contributed by atoms with Crippen LogP contribution in [-0.2, 0) is 0 Å². The highest BCUT2D eigenvalue weighted by atomic mass is 16.5. The van der Waals surface area contributed by atoms with E-state index in [4.69, 9.17) is 4.52 Å². The molecule has 0 unspecified atom stereocenters. The van der Waals surface area contributed by atoms with E-state index in [1.807, 2.05) is 13.1 Å². The SMILES string of the molecule is Cc1nccn1-c1ccc([C@H](C)Nc2nc(C3CC3)no2)cc1. The van der Waals surface area contributed by atoms with Gasteiger partial charge in [-0.2, -0.15) is 4.98 Å². The molecule has 0 bridgehead atoms. The molecule has 4 rings (SSSR count). The van der Waals surface area contributed by atoms with Crippen LogP contribution < -0.4 is 5.32 Å². The number of imidazole rings is 1. The topological polar surface area (TPSA) is 68.8 Å². The summed E-state index contributed by atoms with van der Waals surface area (Å²) in [4.78, 5) is 8.66. The van der Waals surface area contributed by atoms with E-state index in [-0.39, 0.29) is 6.04 Å². The van der Waals surface area contributed by atoms with Crippen LogP contribution in [0.4, 0.5) is 6.01 Å². The number of aryl methyl sites for hydroxylation is 1. The van der Waals surface area contributed by atoms with Gasteiger partial charge in [0.1, 0.15) is 5.82 Å². The molecule has 0 spiro atoms. The van der Waals surface area contributed by atoms with Crippen molar-refractivity contribution in [3.05, 3.63) is 53.9 Å². The van der Waals surface area contributed by atoms with Gasteiger partial charge in [0, 0.05) is 24.0 Å². The molecule has 2 aromatic heterocycles. The molecule has 1 atom stereocenters. The van der Waals surface area contributed by atoms with E-state index in [0.717, 1.165) is 22.9 Å². The first-order chi connectivity index (χ1) is 11.2. The molecular weight excluding hydrogens is 290 g/mol. The zero-order chi connectivity index (χ0) is 15.8. The third-order valence-electron chi connectivity index (χ3n) is 4.22. The molecular formula is C17H19N5O. The summed E-state index contributed by atoms with van der Waals surface area (Å²) in [5.41, 5.74) is 2.27. The molecule has 6 nitrogen and oxygen atoms in total. The van der Waals surface area contributed by atoms with Gasteiger partial charge in [-0.25, -0.2) is 4.98 Å². The molecule has 0 amide bonds. The van der Waals surface area contributed by atoms with Crippen LogP contribution in [-0.4, -0.2) is 19.7 Å². The predicted molar refractivity (Wildman–Crippen MR) is 86.6 cm³/mol. The average molecular weight is 309 g/mol. The maximum Gasteiger partial charge on any atom is 0.321 e. The number of benzene rings is 1. The third-order valence-corrected chi connectivity index (χ3v) is 4.22. The van der Waals surface area contributed by atoms with Crippen molar-refractivity contribution in [2.45, 2.75) is 38.6 Å². The van der Waals surface area contributed by atoms with Crippen molar-refractivity contribution in [3.8, 4) is 5.69 Å². The van der Waals surface area contributed by atoms with Crippen LogP contribution in [0.5, 0.6) is 0 Å². The van der Waals surface area contributed by atoms with Crippen LogP contribution in [0.15, 0.2) is 41.2 Å². The van der Waals surface area contributed by atoms with Crippen molar-refractivity contribution in [3.63, 3.8) is 0 Å². The standard InChI is InChI=1S/C17H19N5O/c1-11(19-17-20-16(21-23-17)14-3-4-14)13-5-7-15(8-6-13)22-10-9-18-12(22)2/h5-11,14H,3-4H2,1-2H3,(H,19,20,21)/t11-/m0/s1. The second-order valence-corrected chi connectivity index (χ2v) is 6.03. The van der Waals surface area contributed by atoms with E-state index < -0.39 is 0 Å². The number of nitrogens with zero attached hydrogens (tertiary/aromatic N) is 4. The summed E-state index contributed by atoms with van der Waals surface area (Å²) in [5, 5.41) is 7.29. The summed E-state index contributed by atoms with van der Waals surface area (Å²) in [7, 11) is 0. The molecule has 0 saturated heterocycles. The Kier molecular flexibility index (Phi) is 3.37. The molecule has 1 aromatic carbocycles. The van der Waals surface area contributed by atoms with Gasteiger partial charge in [0.25, 0.3) is 0 Å². The minimum atomic E-state index is 0.0976. The normalized spacial score (nSPS) is 15.6. The summed E-state index contributed by atoms with van der Waals surface area (Å²) < 4.78 is 7.33. The van der Waals surface area contributed by atoms with Gasteiger partial charge < -0.3 is 14.4 Å². The van der Waals surface area contributed by atoms with Crippen LogP contribution in [0.25, 0.3) is 5.69 Å². The Balaban J connectivity index is 1.47. The van der Waals surface area contributed by atoms with Crippen molar-refractivity contribution in [2.75, 3.05) is 5.32 Å². The van der Waals surface area contributed by atoms with Crippen LogP contribution in [0.2, 0.25) is 0 Å². The molecule has 118 valence electrons. The first kappa shape index (κ1) is 14.0. The highest BCUT2D eigenvalue weighted by molar-refractivity contribution is 5.38. The smallest absolute Gasteiger partial charge is 0.321 e. The lowest BCUT2D eigenvalue weighted by molar-refractivity contribution is 0.420. The second kappa shape index (κ2) is 5.53. The number of aromatic nitrogens is 4. The fraction of sp³-hybridized carbons (Fsp3) is 0.353. The Bertz CT molecular complexity index is 801. The summed E-state index contributed by atoms with van der Waals surface area (Å²) in [6.45, 7) is 4.07. The van der Waals surface area contributed by atoms with Gasteiger partial charge in [-0.15, -0.1) is 0 Å². The lowest BCUT2D eigenvalue weighted by Crippen LogP contribution is -2.07. The number of hydrogen-bond acceptors (Lipinski definition) is 5. The summed E-state index contributed by atoms with van der Waals surface area (Å²) in [6, 6.07) is 8.97. The number of anilines is 1. The van der Waals surface area contributed by atoms with E-state index in [0.29, 0.717) is 11.9 Å². The summed E-state index contributed by atoms with van der Waals surface area (Å²) >= 11 is 0. The van der Waals surface area contributed by atoms with Gasteiger partial charge >= 0.3 is 6.01 Å². The zero-order valence-corrected chi connectivity index (χ0v) is 13.2. The molecule has 3 aromatic rings. The Hall–Kier alpha value is -2.63. The van der Waals surface area contributed by atoms with Crippen LogP contribution in [0.3, 0.4) is 0 Å². The van der Waals surface area contributed by atoms with Crippen molar-refractivity contribution < 1.29 is 4.52 Å². The first-order valence-electron chi connectivity index (χ1n) is 7.91. The number of hydrogen-bond donors (Lipinski definition) is 1. The predicted octanol–water partition coefficient (Wildman–Crippen LogP) is 3.61. The van der Waals surface area contributed by atoms with E-state index in [1.165, 1.54) is 12.8 Å². The Morgan fingerprint density at radius 1 is 1.26 bits per heavy atom. The molecule has 6 heteroatoms. The Morgan fingerprint density at radius 2 is 2.04 bits per heavy atom. The van der Waals surface area contributed by atoms with Crippen molar-refractivity contribution in [1.29, 1.82) is 0 Å². The molecule has 23 heavy (non-hydrogen) atoms. The molecule has 0 aliphatic heterocycles. The highest BCUT2D eigenvalue weighted by Gasteiger charge is 2.29. The molecule has 1 saturated carbocycles. The van der Waals surface area contributed by atoms with E-state index in [2.05, 4.69) is 56.2 Å². The van der Waals surface area contributed by atoms with Crippen molar-refractivity contribution in [1.82, 2.24) is 19.7 Å². The Labute approximate surface area is 134 Å². The zero-order valence-electron chi connectivity index (χ0n) is 13.2. The Morgan fingerprint density at radius 3 is 2.70 bits per heavy atom. The highest BCUT2D eigenvalue weighted by Crippen LogP contribution is 2.38. The minimum absolute atomic E-state index is 0.0976. The molecule has 1 N–H and O–H groups in total. The lowest BCUT2D eigenvalue weighted by Gasteiger charge is -2.13. The van der Waals surface area contributed by atoms with Gasteiger partial charge in [0.05, 0.1) is 6.04 Å². The van der Waals surface area contributed by atoms with Gasteiger partial charge in [0.15, 0.2) is 5.82 Å². The number of nitrogens with one attached hydrogen (secondary N) is 1. The van der Waals surface area contributed by atoms with E-state index in [1.54, 1.807) is 6.20 Å². The fourth-order valence-corrected chi connectivity index (χ4v) is 2.64. The van der Waals surface area contributed by atoms with Gasteiger partial charge in [-0.3, -0.25) is 0 Å². The fourth-order valence-electron chi connectivity index (χ4n) is 2.64. The van der Waals surface area contributed by atoms with Crippen LogP contribution in [0, 0.1) is 6.92 Å². The van der Waals surface area contributed by atoms with Crippen molar-refractivity contribution >= 4 is 6.01 Å². The first-order valence-corrected chi connectivity index (χ1v) is 7.91. The molecule has 0 radical (unpaired) electrons. The molecule has 2 heterocycles. The monoisotopic (exact) mass is 309 g/mol. The maximum absolute atomic E-state index is 5.27. The third kappa shape index (κ3) is 2.84. The molecule has 1 aliphatic rings. The number of rotatable bonds is 5. The van der Waals surface area contributed by atoms with Gasteiger partial charge in [-0.05, 0) is 44.4 Å². The van der Waals surface area contributed by atoms with Gasteiger partial charge in [-0.1, -0.05) is 17.3 Å². The lowest BCUT2D eigenvalue weighted by atomic mass is 10.1. The summed E-state index contributed by atoms with van der Waals surface area (Å²) in [5.74, 6) is 2.30. The summed E-state index contributed by atoms with van der Waals surface area (Å²) in [6.07, 6.45) is 6.11. The second-order valence-electron chi connectivity index (χ2n) is 6.03. The van der Waals surface area contributed by atoms with E-state index in [9.17, 15) is 0 Å². The van der Waals surface area contributed by atoms with E-state index >= 15 is 0 Å². The quantitative estimate of drug-likeness (QED) is 0.779. The molecule has 1 fully saturated rings. The van der Waals surface area contributed by atoms with Crippen LogP contribution >= 0.6 is 0 Å². The maximum atomic E-state index is 5.27. The average Bonchev–Trinajstić information content (AvgIpc) is 3.16. The minimum Gasteiger partial charge on any atom is -0.331 e. The van der Waals surface area contributed by atoms with Crippen molar-refractivity contribution in [2.24, 2.45) is 0 Å². The molecule has 1 aliphatic carbocycles. The van der Waals surface area contributed by atoms with Gasteiger partial charge in [0.2, 0.25) is 0 Å². The van der Waals surface area contributed by atoms with Crippen LogP contribution in [0.1, 0.15) is 48.9 Å².